The fourth-order valence-electron chi connectivity index (χ4n) is 3.16. The lowest BCUT2D eigenvalue weighted by Crippen LogP contribution is -2.38. The second kappa shape index (κ2) is 9.18. The summed E-state index contributed by atoms with van der Waals surface area (Å²) in [4.78, 5) is 2.32. The van der Waals surface area contributed by atoms with Gasteiger partial charge in [0, 0.05) is 19.1 Å². The van der Waals surface area contributed by atoms with E-state index in [0.29, 0.717) is 0 Å². The average molecular weight is 347 g/mol. The summed E-state index contributed by atoms with van der Waals surface area (Å²) in [5, 5.41) is 19.6. The van der Waals surface area contributed by atoms with Crippen molar-refractivity contribution in [1.29, 1.82) is 0 Å². The third-order valence-electron chi connectivity index (χ3n) is 4.59. The number of nitrogens with zero attached hydrogens (tertiary/aromatic N) is 1. The average Bonchev–Trinajstić information content (AvgIpc) is 2.69. The van der Waals surface area contributed by atoms with Crippen molar-refractivity contribution in [1.82, 2.24) is 4.90 Å². The lowest BCUT2D eigenvalue weighted by molar-refractivity contribution is 0.109. The molecule has 0 unspecified atom stereocenters. The largest absolute Gasteiger partial charge is 0.508 e. The number of phenolic OH excluding ortho intramolecular Hbond substituents is 1. The van der Waals surface area contributed by atoms with Gasteiger partial charge in [-0.2, -0.15) is 0 Å². The fourth-order valence-corrected chi connectivity index (χ4v) is 3.16. The van der Waals surface area contributed by atoms with E-state index < -0.39 is 0 Å². The molecule has 0 amide bonds. The lowest BCUT2D eigenvalue weighted by atomic mass is 10.0. The molecule has 0 heterocycles. The van der Waals surface area contributed by atoms with E-state index in [1.807, 2.05) is 48.5 Å². The first-order valence-electron chi connectivity index (χ1n) is 8.95. The van der Waals surface area contributed by atoms with Crippen LogP contribution in [0, 0.1) is 0 Å². The standard InChI is InChI=1S/C23H25NO2/c25-18-22(15-19-11-13-23(26)14-12-19)24(16-20-7-3-1-4-8-20)17-21-9-5-2-6-10-21/h1-14,22,25-26H,15-18H2/t22-/m0/s1. The lowest BCUT2D eigenvalue weighted by Gasteiger charge is -2.31. The van der Waals surface area contributed by atoms with E-state index in [9.17, 15) is 10.2 Å². The molecule has 1 atom stereocenters. The van der Waals surface area contributed by atoms with Crippen LogP contribution in [0.5, 0.6) is 5.75 Å². The van der Waals surface area contributed by atoms with Crippen LogP contribution in [0.3, 0.4) is 0 Å². The highest BCUT2D eigenvalue weighted by atomic mass is 16.3. The van der Waals surface area contributed by atoms with Crippen LogP contribution in [0.4, 0.5) is 0 Å². The van der Waals surface area contributed by atoms with Crippen molar-refractivity contribution < 1.29 is 10.2 Å². The molecule has 134 valence electrons. The number of hydrogen-bond acceptors (Lipinski definition) is 3. The smallest absolute Gasteiger partial charge is 0.115 e. The maximum Gasteiger partial charge on any atom is 0.115 e. The maximum atomic E-state index is 10.1. The highest BCUT2D eigenvalue weighted by Gasteiger charge is 2.19. The summed E-state index contributed by atoms with van der Waals surface area (Å²) in [6.45, 7) is 1.64. The number of phenols is 1. The zero-order chi connectivity index (χ0) is 18.2. The van der Waals surface area contributed by atoms with Gasteiger partial charge in [-0.15, -0.1) is 0 Å². The number of aliphatic hydroxyl groups excluding tert-OH is 1. The second-order valence-electron chi connectivity index (χ2n) is 6.58. The van der Waals surface area contributed by atoms with Gasteiger partial charge in [-0.05, 0) is 35.2 Å². The molecule has 3 nitrogen and oxygen atoms in total. The molecule has 3 aromatic carbocycles. The minimum atomic E-state index is -0.0000416. The van der Waals surface area contributed by atoms with Crippen LogP contribution >= 0.6 is 0 Å². The second-order valence-corrected chi connectivity index (χ2v) is 6.58. The summed E-state index contributed by atoms with van der Waals surface area (Å²) in [6, 6.07) is 27.9. The topological polar surface area (TPSA) is 43.7 Å². The van der Waals surface area contributed by atoms with Gasteiger partial charge in [0.2, 0.25) is 0 Å². The van der Waals surface area contributed by atoms with Gasteiger partial charge in [-0.1, -0.05) is 72.8 Å². The molecule has 3 heteroatoms. The first-order valence-corrected chi connectivity index (χ1v) is 8.95. The molecule has 2 N–H and O–H groups in total. The van der Waals surface area contributed by atoms with Gasteiger partial charge in [-0.25, -0.2) is 0 Å². The quantitative estimate of drug-likeness (QED) is 0.647. The Kier molecular flexibility index (Phi) is 6.42. The Balaban J connectivity index is 1.80. The van der Waals surface area contributed by atoms with Gasteiger partial charge in [-0.3, -0.25) is 4.90 Å². The molecule has 0 saturated heterocycles. The molecule has 0 aliphatic carbocycles. The number of aliphatic hydroxyl groups is 1. The number of rotatable bonds is 8. The minimum Gasteiger partial charge on any atom is -0.508 e. The summed E-state index contributed by atoms with van der Waals surface area (Å²) < 4.78 is 0. The van der Waals surface area contributed by atoms with Crippen LogP contribution in [0.1, 0.15) is 16.7 Å². The molecule has 0 radical (unpaired) electrons. The van der Waals surface area contributed by atoms with Gasteiger partial charge in [0.15, 0.2) is 0 Å². The van der Waals surface area contributed by atoms with Gasteiger partial charge in [0.25, 0.3) is 0 Å². The first kappa shape index (κ1) is 18.2. The highest BCUT2D eigenvalue weighted by molar-refractivity contribution is 5.26. The third-order valence-corrected chi connectivity index (χ3v) is 4.59. The predicted octanol–water partition coefficient (Wildman–Crippen LogP) is 4.00. The van der Waals surface area contributed by atoms with Crippen molar-refractivity contribution in [2.75, 3.05) is 6.61 Å². The van der Waals surface area contributed by atoms with Gasteiger partial charge in [0.05, 0.1) is 6.61 Å². The van der Waals surface area contributed by atoms with Crippen LogP contribution < -0.4 is 0 Å². The summed E-state index contributed by atoms with van der Waals surface area (Å²) in [5.41, 5.74) is 3.56. The fraction of sp³-hybridized carbons (Fsp3) is 0.217. The number of benzene rings is 3. The van der Waals surface area contributed by atoms with E-state index >= 15 is 0 Å². The van der Waals surface area contributed by atoms with Gasteiger partial charge in [0.1, 0.15) is 5.75 Å². The van der Waals surface area contributed by atoms with Crippen molar-refractivity contribution in [3.8, 4) is 5.75 Å². The summed E-state index contributed by atoms with van der Waals surface area (Å²) in [7, 11) is 0. The van der Waals surface area contributed by atoms with E-state index in [0.717, 1.165) is 25.1 Å². The monoisotopic (exact) mass is 347 g/mol. The zero-order valence-corrected chi connectivity index (χ0v) is 14.8. The summed E-state index contributed by atoms with van der Waals surface area (Å²) in [6.07, 6.45) is 0.733. The molecule has 0 aromatic heterocycles. The zero-order valence-electron chi connectivity index (χ0n) is 14.8. The van der Waals surface area contributed by atoms with E-state index in [4.69, 9.17) is 0 Å². The number of hydrogen-bond donors (Lipinski definition) is 2. The maximum absolute atomic E-state index is 10.1. The van der Waals surface area contributed by atoms with Gasteiger partial charge < -0.3 is 10.2 Å². The normalized spacial score (nSPS) is 12.2. The molecule has 26 heavy (non-hydrogen) atoms. The Morgan fingerprint density at radius 1 is 0.654 bits per heavy atom. The van der Waals surface area contributed by atoms with Gasteiger partial charge >= 0.3 is 0 Å². The van der Waals surface area contributed by atoms with Crippen LogP contribution in [0.2, 0.25) is 0 Å². The molecular weight excluding hydrogens is 322 g/mol. The Morgan fingerprint density at radius 2 is 1.15 bits per heavy atom. The molecule has 0 fully saturated rings. The molecule has 3 aromatic rings. The molecule has 0 aliphatic rings. The molecule has 0 spiro atoms. The minimum absolute atomic E-state index is 0.0000416. The SMILES string of the molecule is OC[C@H](Cc1ccc(O)cc1)N(Cc1ccccc1)Cc1ccccc1. The van der Waals surface area contributed by atoms with Crippen molar-refractivity contribution in [2.24, 2.45) is 0 Å². The van der Waals surface area contributed by atoms with Crippen molar-refractivity contribution in [3.63, 3.8) is 0 Å². The third kappa shape index (κ3) is 5.19. The van der Waals surface area contributed by atoms with Crippen molar-refractivity contribution in [2.45, 2.75) is 25.6 Å². The molecule has 0 saturated carbocycles. The predicted molar refractivity (Wildman–Crippen MR) is 105 cm³/mol. The molecule has 3 rings (SSSR count). The van der Waals surface area contributed by atoms with Crippen LogP contribution in [-0.4, -0.2) is 27.8 Å². The molecule has 0 aliphatic heterocycles. The highest BCUT2D eigenvalue weighted by Crippen LogP contribution is 2.18. The Labute approximate surface area is 155 Å². The molecular formula is C23H25NO2. The van der Waals surface area contributed by atoms with E-state index in [1.165, 1.54) is 11.1 Å². The Hall–Kier alpha value is -2.62. The summed E-state index contributed by atoms with van der Waals surface area (Å²) in [5.74, 6) is 0.264. The van der Waals surface area contributed by atoms with E-state index in [-0.39, 0.29) is 18.4 Å². The van der Waals surface area contributed by atoms with Crippen molar-refractivity contribution in [3.05, 3.63) is 102 Å². The summed E-state index contributed by atoms with van der Waals surface area (Å²) >= 11 is 0. The van der Waals surface area contributed by atoms with E-state index in [1.54, 1.807) is 12.1 Å². The number of aromatic hydroxyl groups is 1. The van der Waals surface area contributed by atoms with E-state index in [2.05, 4.69) is 29.2 Å². The molecule has 0 bridgehead atoms. The van der Waals surface area contributed by atoms with Crippen LogP contribution in [-0.2, 0) is 19.5 Å². The van der Waals surface area contributed by atoms with Crippen LogP contribution in [0.15, 0.2) is 84.9 Å². The Morgan fingerprint density at radius 3 is 1.62 bits per heavy atom. The first-order chi connectivity index (χ1) is 12.7. The van der Waals surface area contributed by atoms with Crippen molar-refractivity contribution >= 4 is 0 Å². The Bertz CT molecular complexity index is 731. The van der Waals surface area contributed by atoms with Crippen LogP contribution in [0.25, 0.3) is 0 Å².